The monoisotopic (exact) mass is 374 g/mol. The third-order valence-electron chi connectivity index (χ3n) is 3.58. The van der Waals surface area contributed by atoms with Gasteiger partial charge in [0.1, 0.15) is 0 Å². The molecule has 0 saturated heterocycles. The molecule has 2 N–H and O–H groups in total. The molecule has 0 spiro atoms. The van der Waals surface area contributed by atoms with Crippen LogP contribution in [0.15, 0.2) is 61.2 Å². The van der Waals surface area contributed by atoms with E-state index in [-0.39, 0.29) is 6.03 Å². The van der Waals surface area contributed by atoms with Crippen LogP contribution in [0, 0.1) is 0 Å². The minimum absolute atomic E-state index is 0.305. The van der Waals surface area contributed by atoms with Gasteiger partial charge >= 0.3 is 6.03 Å². The van der Waals surface area contributed by atoms with Gasteiger partial charge < -0.3 is 15.2 Å². The number of carbonyl (C=O) groups is 1. The van der Waals surface area contributed by atoms with Crippen molar-refractivity contribution in [2.75, 3.05) is 5.32 Å². The normalized spacial score (nSPS) is 10.5. The van der Waals surface area contributed by atoms with Crippen molar-refractivity contribution in [2.45, 2.75) is 13.1 Å². The Morgan fingerprint density at radius 2 is 1.80 bits per heavy atom. The standard InChI is InChI=1S/C18H16Cl2N4O/c19-16-6-5-15(9-17(16)20)23-18(25)22-10-13-1-3-14(4-2-13)11-24-8-7-21-12-24/h1-9,12H,10-11H2,(H2,22,23,25). The lowest BCUT2D eigenvalue weighted by atomic mass is 10.1. The number of benzene rings is 2. The molecule has 0 aliphatic rings. The largest absolute Gasteiger partial charge is 0.334 e. The first-order chi connectivity index (χ1) is 12.1. The van der Waals surface area contributed by atoms with Gasteiger partial charge in [0, 0.05) is 31.2 Å². The van der Waals surface area contributed by atoms with Crippen LogP contribution in [-0.2, 0) is 13.1 Å². The lowest BCUT2D eigenvalue weighted by molar-refractivity contribution is 0.251. The Bertz CT molecular complexity index is 848. The van der Waals surface area contributed by atoms with E-state index >= 15 is 0 Å². The van der Waals surface area contributed by atoms with E-state index in [1.807, 2.05) is 35.0 Å². The summed E-state index contributed by atoms with van der Waals surface area (Å²) in [5.41, 5.74) is 2.77. The third kappa shape index (κ3) is 4.98. The van der Waals surface area contributed by atoms with Crippen molar-refractivity contribution in [3.05, 3.63) is 82.4 Å². The van der Waals surface area contributed by atoms with Crippen molar-refractivity contribution >= 4 is 34.9 Å². The Morgan fingerprint density at radius 3 is 2.48 bits per heavy atom. The molecule has 1 aromatic heterocycles. The lowest BCUT2D eigenvalue weighted by Gasteiger charge is -2.09. The van der Waals surface area contributed by atoms with Gasteiger partial charge in [-0.05, 0) is 29.3 Å². The molecule has 3 rings (SSSR count). The van der Waals surface area contributed by atoms with Gasteiger partial charge in [0.25, 0.3) is 0 Å². The molecule has 0 aliphatic heterocycles. The van der Waals surface area contributed by atoms with Crippen LogP contribution in [0.3, 0.4) is 0 Å². The molecule has 2 aromatic carbocycles. The molecule has 2 amide bonds. The fraction of sp³-hybridized carbons (Fsp3) is 0.111. The molecule has 1 heterocycles. The Balaban J connectivity index is 1.50. The molecule has 7 heteroatoms. The van der Waals surface area contributed by atoms with E-state index in [1.54, 1.807) is 30.7 Å². The minimum Gasteiger partial charge on any atom is -0.334 e. The van der Waals surface area contributed by atoms with Crippen LogP contribution in [0.4, 0.5) is 10.5 Å². The zero-order chi connectivity index (χ0) is 17.6. The molecular weight excluding hydrogens is 359 g/mol. The van der Waals surface area contributed by atoms with Crippen LogP contribution < -0.4 is 10.6 Å². The highest BCUT2D eigenvalue weighted by Crippen LogP contribution is 2.24. The first kappa shape index (κ1) is 17.3. The predicted molar refractivity (Wildman–Crippen MR) is 100 cm³/mol. The zero-order valence-electron chi connectivity index (χ0n) is 13.2. The zero-order valence-corrected chi connectivity index (χ0v) is 14.8. The topological polar surface area (TPSA) is 59.0 Å². The van der Waals surface area contributed by atoms with Gasteiger partial charge in [-0.25, -0.2) is 9.78 Å². The Hall–Kier alpha value is -2.50. The van der Waals surface area contributed by atoms with Gasteiger partial charge in [-0.3, -0.25) is 0 Å². The number of hydrogen-bond acceptors (Lipinski definition) is 2. The molecule has 0 atom stereocenters. The van der Waals surface area contributed by atoms with Crippen molar-refractivity contribution in [3.8, 4) is 0 Å². The number of aromatic nitrogens is 2. The quantitative estimate of drug-likeness (QED) is 0.687. The molecule has 25 heavy (non-hydrogen) atoms. The number of nitrogens with zero attached hydrogens (tertiary/aromatic N) is 2. The number of carbonyl (C=O) groups excluding carboxylic acids is 1. The highest BCUT2D eigenvalue weighted by Gasteiger charge is 2.04. The molecule has 0 saturated carbocycles. The summed E-state index contributed by atoms with van der Waals surface area (Å²) in [6.45, 7) is 1.20. The molecule has 5 nitrogen and oxygen atoms in total. The van der Waals surface area contributed by atoms with Crippen LogP contribution in [-0.4, -0.2) is 15.6 Å². The fourth-order valence-electron chi connectivity index (χ4n) is 2.29. The van der Waals surface area contributed by atoms with Gasteiger partial charge in [-0.1, -0.05) is 47.5 Å². The second kappa shape index (κ2) is 8.05. The van der Waals surface area contributed by atoms with E-state index in [2.05, 4.69) is 15.6 Å². The summed E-state index contributed by atoms with van der Waals surface area (Å²) in [5, 5.41) is 6.37. The van der Waals surface area contributed by atoms with E-state index in [0.29, 0.717) is 22.3 Å². The SMILES string of the molecule is O=C(NCc1ccc(Cn2ccnc2)cc1)Nc1ccc(Cl)c(Cl)c1. The predicted octanol–water partition coefficient (Wildman–Crippen LogP) is 4.56. The fourth-order valence-corrected chi connectivity index (χ4v) is 2.58. The van der Waals surface area contributed by atoms with Gasteiger partial charge in [0.15, 0.2) is 0 Å². The van der Waals surface area contributed by atoms with Crippen LogP contribution in [0.5, 0.6) is 0 Å². The number of rotatable bonds is 5. The molecule has 0 fully saturated rings. The molecule has 3 aromatic rings. The second-order valence-electron chi connectivity index (χ2n) is 5.49. The van der Waals surface area contributed by atoms with E-state index in [4.69, 9.17) is 23.2 Å². The van der Waals surface area contributed by atoms with Crippen molar-refractivity contribution in [3.63, 3.8) is 0 Å². The number of amides is 2. The Kier molecular flexibility index (Phi) is 5.58. The molecule has 0 unspecified atom stereocenters. The van der Waals surface area contributed by atoms with Crippen molar-refractivity contribution < 1.29 is 4.79 Å². The number of urea groups is 1. The molecule has 0 aliphatic carbocycles. The number of nitrogens with one attached hydrogen (secondary N) is 2. The summed E-state index contributed by atoms with van der Waals surface area (Å²) in [6.07, 6.45) is 5.45. The summed E-state index contributed by atoms with van der Waals surface area (Å²) >= 11 is 11.8. The van der Waals surface area contributed by atoms with Gasteiger partial charge in [0.2, 0.25) is 0 Å². The Labute approximate surface area is 155 Å². The summed E-state index contributed by atoms with van der Waals surface area (Å²) in [4.78, 5) is 16.0. The molecule has 0 bridgehead atoms. The Morgan fingerprint density at radius 1 is 1.04 bits per heavy atom. The summed E-state index contributed by atoms with van der Waals surface area (Å²) in [6, 6.07) is 12.7. The minimum atomic E-state index is -0.305. The van der Waals surface area contributed by atoms with Crippen molar-refractivity contribution in [2.24, 2.45) is 0 Å². The van der Waals surface area contributed by atoms with Crippen molar-refractivity contribution in [1.82, 2.24) is 14.9 Å². The lowest BCUT2D eigenvalue weighted by Crippen LogP contribution is -2.28. The van der Waals surface area contributed by atoms with E-state index in [9.17, 15) is 4.79 Å². The van der Waals surface area contributed by atoms with Gasteiger partial charge in [0.05, 0.1) is 16.4 Å². The molecule has 128 valence electrons. The highest BCUT2D eigenvalue weighted by molar-refractivity contribution is 6.42. The van der Waals surface area contributed by atoms with E-state index < -0.39 is 0 Å². The average Bonchev–Trinajstić information content (AvgIpc) is 3.11. The first-order valence-electron chi connectivity index (χ1n) is 7.63. The maximum absolute atomic E-state index is 12.0. The molecular formula is C18H16Cl2N4O. The average molecular weight is 375 g/mol. The second-order valence-corrected chi connectivity index (χ2v) is 6.30. The maximum Gasteiger partial charge on any atom is 0.319 e. The van der Waals surface area contributed by atoms with Gasteiger partial charge in [-0.15, -0.1) is 0 Å². The van der Waals surface area contributed by atoms with Crippen LogP contribution >= 0.6 is 23.2 Å². The summed E-state index contributed by atoms with van der Waals surface area (Å²) < 4.78 is 2.00. The van der Waals surface area contributed by atoms with Crippen LogP contribution in [0.2, 0.25) is 10.0 Å². The number of anilines is 1. The summed E-state index contributed by atoms with van der Waals surface area (Å²) in [5.74, 6) is 0. The number of hydrogen-bond donors (Lipinski definition) is 2. The first-order valence-corrected chi connectivity index (χ1v) is 8.39. The smallest absolute Gasteiger partial charge is 0.319 e. The van der Waals surface area contributed by atoms with E-state index in [0.717, 1.165) is 12.1 Å². The highest BCUT2D eigenvalue weighted by atomic mass is 35.5. The molecule has 0 radical (unpaired) electrons. The van der Waals surface area contributed by atoms with Crippen LogP contribution in [0.1, 0.15) is 11.1 Å². The third-order valence-corrected chi connectivity index (χ3v) is 4.32. The van der Waals surface area contributed by atoms with Crippen LogP contribution in [0.25, 0.3) is 0 Å². The summed E-state index contributed by atoms with van der Waals surface area (Å²) in [7, 11) is 0. The number of imidazole rings is 1. The van der Waals surface area contributed by atoms with Crippen molar-refractivity contribution in [1.29, 1.82) is 0 Å². The number of halogens is 2. The maximum atomic E-state index is 12.0. The van der Waals surface area contributed by atoms with E-state index in [1.165, 1.54) is 5.56 Å². The van der Waals surface area contributed by atoms with Gasteiger partial charge in [-0.2, -0.15) is 0 Å².